The number of alkyl halides is 3. The number of para-hydroxylation sites is 1. The number of hydrogen-bond acceptors (Lipinski definition) is 6. The summed E-state index contributed by atoms with van der Waals surface area (Å²) in [5, 5.41) is 13.9. The maximum atomic E-state index is 13.5. The minimum atomic E-state index is -4.73. The molecule has 7 nitrogen and oxygen atoms in total. The summed E-state index contributed by atoms with van der Waals surface area (Å²) >= 11 is 0. The zero-order valence-corrected chi connectivity index (χ0v) is 18.7. The zero-order chi connectivity index (χ0) is 24.6. The number of benzene rings is 2. The van der Waals surface area contributed by atoms with Crippen LogP contribution >= 0.6 is 0 Å². The van der Waals surface area contributed by atoms with Crippen molar-refractivity contribution >= 4 is 9.84 Å². The van der Waals surface area contributed by atoms with Gasteiger partial charge < -0.3 is 9.84 Å². The summed E-state index contributed by atoms with van der Waals surface area (Å²) < 4.78 is 70.0. The van der Waals surface area contributed by atoms with Crippen molar-refractivity contribution in [2.24, 2.45) is 0 Å². The van der Waals surface area contributed by atoms with Crippen LogP contribution in [0.2, 0.25) is 0 Å². The van der Waals surface area contributed by atoms with Gasteiger partial charge in [-0.3, -0.25) is 4.79 Å². The maximum Gasteiger partial charge on any atom is 0.418 e. The first-order valence-corrected chi connectivity index (χ1v) is 11.5. The largest absolute Gasteiger partial charge is 0.484 e. The molecule has 0 aliphatic carbocycles. The smallest absolute Gasteiger partial charge is 0.418 e. The standard InChI is InChI=1S/C22H21F3N2O5S/c1-21(2,29)13-32-19-16(14-8-10-15(11-9-14)33(3,30)31)12-26-27(20(19)28)18-7-5-4-6-17(18)22(23,24)25/h4-12,29H,13H2,1-3H3. The molecule has 0 bridgehead atoms. The molecule has 11 heteroatoms. The van der Waals surface area contributed by atoms with Crippen LogP contribution in [0.15, 0.2) is 64.4 Å². The Balaban J connectivity index is 2.21. The Morgan fingerprint density at radius 1 is 1.06 bits per heavy atom. The maximum absolute atomic E-state index is 13.5. The summed E-state index contributed by atoms with van der Waals surface area (Å²) in [6.45, 7) is 2.54. The van der Waals surface area contributed by atoms with Gasteiger partial charge in [0, 0.05) is 11.8 Å². The van der Waals surface area contributed by atoms with Gasteiger partial charge in [-0.05, 0) is 43.7 Å². The number of ether oxygens (including phenoxy) is 1. The highest BCUT2D eigenvalue weighted by molar-refractivity contribution is 7.90. The Kier molecular flexibility index (Phi) is 6.40. The lowest BCUT2D eigenvalue weighted by Crippen LogP contribution is -2.32. The van der Waals surface area contributed by atoms with Gasteiger partial charge in [-0.25, -0.2) is 8.42 Å². The van der Waals surface area contributed by atoms with Crippen LogP contribution in [0.1, 0.15) is 19.4 Å². The van der Waals surface area contributed by atoms with E-state index in [0.29, 0.717) is 10.2 Å². The predicted octanol–water partition coefficient (Wildman–Crippen LogP) is 3.47. The molecule has 0 unspecified atom stereocenters. The molecule has 176 valence electrons. The molecule has 0 radical (unpaired) electrons. The van der Waals surface area contributed by atoms with Crippen LogP contribution < -0.4 is 10.3 Å². The number of aliphatic hydroxyl groups is 1. The first kappa shape index (κ1) is 24.5. The normalized spacial score (nSPS) is 12.6. The lowest BCUT2D eigenvalue weighted by molar-refractivity contribution is -0.137. The van der Waals surface area contributed by atoms with Gasteiger partial charge in [0.05, 0.1) is 27.9 Å². The van der Waals surface area contributed by atoms with Gasteiger partial charge >= 0.3 is 11.7 Å². The van der Waals surface area contributed by atoms with E-state index in [2.05, 4.69) is 5.10 Å². The summed E-state index contributed by atoms with van der Waals surface area (Å²) in [6, 6.07) is 9.99. The van der Waals surface area contributed by atoms with Crippen LogP contribution in [0.4, 0.5) is 13.2 Å². The second kappa shape index (κ2) is 8.64. The van der Waals surface area contributed by atoms with Crippen LogP contribution in [0.3, 0.4) is 0 Å². The molecule has 3 rings (SSSR count). The van der Waals surface area contributed by atoms with E-state index in [1.807, 2.05) is 0 Å². The Labute approximate surface area is 188 Å². The highest BCUT2D eigenvalue weighted by Crippen LogP contribution is 2.34. The quantitative estimate of drug-likeness (QED) is 0.578. The van der Waals surface area contributed by atoms with Crippen LogP contribution in [-0.4, -0.2) is 41.8 Å². The topological polar surface area (TPSA) is 98.5 Å². The predicted molar refractivity (Wildman–Crippen MR) is 115 cm³/mol. The Hall–Kier alpha value is -3.18. The van der Waals surface area contributed by atoms with E-state index in [1.54, 1.807) is 0 Å². The van der Waals surface area contributed by atoms with Gasteiger partial charge in [0.2, 0.25) is 0 Å². The fourth-order valence-electron chi connectivity index (χ4n) is 2.98. The van der Waals surface area contributed by atoms with E-state index in [9.17, 15) is 31.5 Å². The number of nitrogens with zero attached hydrogens (tertiary/aromatic N) is 2. The number of hydrogen-bond donors (Lipinski definition) is 1. The second-order valence-corrected chi connectivity index (χ2v) is 10.0. The number of rotatable bonds is 6. The molecule has 0 aliphatic heterocycles. The third-order valence-corrected chi connectivity index (χ3v) is 5.66. The highest BCUT2D eigenvalue weighted by atomic mass is 32.2. The fourth-order valence-corrected chi connectivity index (χ4v) is 3.61. The molecule has 0 amide bonds. The van der Waals surface area contributed by atoms with Crippen molar-refractivity contribution in [1.82, 2.24) is 9.78 Å². The molecule has 0 fully saturated rings. The van der Waals surface area contributed by atoms with Gasteiger partial charge in [-0.15, -0.1) is 0 Å². The number of sulfone groups is 1. The molecular formula is C22H21F3N2O5S. The number of aromatic nitrogens is 2. The van der Waals surface area contributed by atoms with Crippen molar-refractivity contribution in [3.8, 4) is 22.6 Å². The Morgan fingerprint density at radius 2 is 1.67 bits per heavy atom. The van der Waals surface area contributed by atoms with E-state index < -0.39 is 38.4 Å². The van der Waals surface area contributed by atoms with Crippen molar-refractivity contribution in [2.45, 2.75) is 30.5 Å². The molecule has 1 aromatic heterocycles. The first-order chi connectivity index (χ1) is 15.2. The van der Waals surface area contributed by atoms with E-state index in [-0.39, 0.29) is 22.8 Å². The monoisotopic (exact) mass is 482 g/mol. The van der Waals surface area contributed by atoms with Crippen molar-refractivity contribution in [1.29, 1.82) is 0 Å². The zero-order valence-electron chi connectivity index (χ0n) is 17.9. The molecular weight excluding hydrogens is 461 g/mol. The molecule has 3 aromatic rings. The van der Waals surface area contributed by atoms with E-state index in [4.69, 9.17) is 4.74 Å². The molecule has 1 heterocycles. The van der Waals surface area contributed by atoms with E-state index in [1.165, 1.54) is 50.2 Å². The van der Waals surface area contributed by atoms with Gasteiger partial charge in [-0.1, -0.05) is 24.3 Å². The van der Waals surface area contributed by atoms with Gasteiger partial charge in [0.1, 0.15) is 6.61 Å². The van der Waals surface area contributed by atoms with Crippen molar-refractivity contribution < 1.29 is 31.4 Å². The van der Waals surface area contributed by atoms with Crippen LogP contribution in [0, 0.1) is 0 Å². The average molecular weight is 482 g/mol. The van der Waals surface area contributed by atoms with Gasteiger partial charge in [0.15, 0.2) is 15.6 Å². The summed E-state index contributed by atoms with van der Waals surface area (Å²) in [6.07, 6.45) is -2.53. The molecule has 2 aromatic carbocycles. The molecule has 0 spiro atoms. The third-order valence-electron chi connectivity index (χ3n) is 4.53. The second-order valence-electron chi connectivity index (χ2n) is 8.02. The molecule has 0 atom stereocenters. The van der Waals surface area contributed by atoms with Crippen molar-refractivity contribution in [3.63, 3.8) is 0 Å². The first-order valence-electron chi connectivity index (χ1n) is 9.63. The number of halogens is 3. The van der Waals surface area contributed by atoms with Gasteiger partial charge in [-0.2, -0.15) is 23.0 Å². The Bertz CT molecular complexity index is 1330. The summed E-state index contributed by atoms with van der Waals surface area (Å²) in [7, 11) is -3.46. The highest BCUT2D eigenvalue weighted by Gasteiger charge is 2.34. The summed E-state index contributed by atoms with van der Waals surface area (Å²) in [5.74, 6) is -0.337. The van der Waals surface area contributed by atoms with Gasteiger partial charge in [0.25, 0.3) is 0 Å². The summed E-state index contributed by atoms with van der Waals surface area (Å²) in [5.41, 5.74) is -3.37. The lowest BCUT2D eigenvalue weighted by Gasteiger charge is -2.20. The van der Waals surface area contributed by atoms with Crippen LogP contribution in [0.5, 0.6) is 5.75 Å². The van der Waals surface area contributed by atoms with E-state index in [0.717, 1.165) is 24.6 Å². The average Bonchev–Trinajstić information content (AvgIpc) is 2.71. The molecule has 1 N–H and O–H groups in total. The van der Waals surface area contributed by atoms with E-state index >= 15 is 0 Å². The Morgan fingerprint density at radius 3 is 2.21 bits per heavy atom. The summed E-state index contributed by atoms with van der Waals surface area (Å²) in [4.78, 5) is 13.3. The van der Waals surface area contributed by atoms with Crippen LogP contribution in [0.25, 0.3) is 16.8 Å². The van der Waals surface area contributed by atoms with Crippen LogP contribution in [-0.2, 0) is 16.0 Å². The molecule has 0 saturated heterocycles. The minimum absolute atomic E-state index is 0.0469. The molecule has 33 heavy (non-hydrogen) atoms. The third kappa shape index (κ3) is 5.60. The van der Waals surface area contributed by atoms with Crippen molar-refractivity contribution in [3.05, 3.63) is 70.6 Å². The minimum Gasteiger partial charge on any atom is -0.484 e. The SMILES string of the molecule is CC(C)(O)COc1c(-c2ccc(S(C)(=O)=O)cc2)cnn(-c2ccccc2C(F)(F)F)c1=O. The molecule has 0 saturated carbocycles. The lowest BCUT2D eigenvalue weighted by atomic mass is 10.1. The fraction of sp³-hybridized carbons (Fsp3) is 0.273. The molecule has 0 aliphatic rings. The van der Waals surface area contributed by atoms with Crippen molar-refractivity contribution in [2.75, 3.05) is 12.9 Å².